The molecule has 0 spiro atoms. The summed E-state index contributed by atoms with van der Waals surface area (Å²) in [6.45, 7) is 0.528. The highest BCUT2D eigenvalue weighted by molar-refractivity contribution is 4.85. The van der Waals surface area contributed by atoms with E-state index in [0.29, 0.717) is 6.54 Å². The third-order valence-electron chi connectivity index (χ3n) is 0.760. The van der Waals surface area contributed by atoms with Crippen molar-refractivity contribution in [3.63, 3.8) is 0 Å². The van der Waals surface area contributed by atoms with Gasteiger partial charge in [0.2, 0.25) is 0 Å². The summed E-state index contributed by atoms with van der Waals surface area (Å²) >= 11 is 0. The summed E-state index contributed by atoms with van der Waals surface area (Å²) in [7, 11) is 0. The standard InChI is InChI=1S/C4H7N3O/c5-7-2-4-1-6-3-8-4/h1,3,7H,2,5H2. The van der Waals surface area contributed by atoms with Gasteiger partial charge in [0.25, 0.3) is 0 Å². The van der Waals surface area contributed by atoms with Crippen LogP contribution in [-0.2, 0) is 6.54 Å². The van der Waals surface area contributed by atoms with Crippen LogP contribution in [0.15, 0.2) is 17.0 Å². The predicted molar refractivity (Wildman–Crippen MR) is 27.5 cm³/mol. The Balaban J connectivity index is 2.50. The van der Waals surface area contributed by atoms with Crippen molar-refractivity contribution in [2.45, 2.75) is 6.54 Å². The lowest BCUT2D eigenvalue weighted by Crippen LogP contribution is -2.20. The topological polar surface area (TPSA) is 64.1 Å². The second kappa shape index (κ2) is 2.44. The molecule has 4 nitrogen and oxygen atoms in total. The van der Waals surface area contributed by atoms with Crippen molar-refractivity contribution < 1.29 is 4.42 Å². The van der Waals surface area contributed by atoms with Crippen LogP contribution in [0.3, 0.4) is 0 Å². The fraction of sp³-hybridized carbons (Fsp3) is 0.250. The van der Waals surface area contributed by atoms with E-state index in [0.717, 1.165) is 5.76 Å². The van der Waals surface area contributed by atoms with Gasteiger partial charge in [-0.15, -0.1) is 0 Å². The Morgan fingerprint density at radius 1 is 1.88 bits per heavy atom. The van der Waals surface area contributed by atoms with Crippen LogP contribution in [0.5, 0.6) is 0 Å². The first-order valence-electron chi connectivity index (χ1n) is 2.24. The minimum atomic E-state index is 0.528. The van der Waals surface area contributed by atoms with Crippen LogP contribution in [0.1, 0.15) is 5.76 Å². The molecule has 1 aromatic rings. The molecule has 1 rings (SSSR count). The van der Waals surface area contributed by atoms with Gasteiger partial charge < -0.3 is 4.42 Å². The van der Waals surface area contributed by atoms with Crippen molar-refractivity contribution in [3.8, 4) is 0 Å². The first-order chi connectivity index (χ1) is 3.93. The van der Waals surface area contributed by atoms with Gasteiger partial charge in [-0.25, -0.2) is 4.98 Å². The van der Waals surface area contributed by atoms with E-state index in [1.807, 2.05) is 0 Å². The molecule has 0 aromatic carbocycles. The van der Waals surface area contributed by atoms with E-state index < -0.39 is 0 Å². The van der Waals surface area contributed by atoms with Gasteiger partial charge in [0.05, 0.1) is 12.7 Å². The number of hydrogen-bond donors (Lipinski definition) is 2. The van der Waals surface area contributed by atoms with Gasteiger partial charge in [0.1, 0.15) is 5.76 Å². The maximum Gasteiger partial charge on any atom is 0.180 e. The Morgan fingerprint density at radius 3 is 3.25 bits per heavy atom. The third kappa shape index (κ3) is 1.05. The smallest absolute Gasteiger partial charge is 0.180 e. The second-order valence-corrected chi connectivity index (χ2v) is 1.35. The van der Waals surface area contributed by atoms with Crippen molar-refractivity contribution in [2.24, 2.45) is 5.84 Å². The van der Waals surface area contributed by atoms with Gasteiger partial charge in [0, 0.05) is 0 Å². The Kier molecular flexibility index (Phi) is 1.61. The van der Waals surface area contributed by atoms with Crippen molar-refractivity contribution in [2.75, 3.05) is 0 Å². The molecular formula is C4H7N3O. The van der Waals surface area contributed by atoms with Gasteiger partial charge in [-0.2, -0.15) is 0 Å². The maximum absolute atomic E-state index is 4.98. The van der Waals surface area contributed by atoms with Crippen LogP contribution in [-0.4, -0.2) is 4.98 Å². The molecule has 0 aliphatic carbocycles. The molecule has 0 radical (unpaired) electrons. The molecule has 0 bridgehead atoms. The number of hydrogen-bond acceptors (Lipinski definition) is 4. The molecule has 0 atom stereocenters. The van der Waals surface area contributed by atoms with Gasteiger partial charge in [-0.05, 0) is 0 Å². The van der Waals surface area contributed by atoms with Crippen LogP contribution in [0.2, 0.25) is 0 Å². The molecule has 3 N–H and O–H groups in total. The molecular weight excluding hydrogens is 106 g/mol. The van der Waals surface area contributed by atoms with Gasteiger partial charge in [-0.3, -0.25) is 11.3 Å². The van der Waals surface area contributed by atoms with E-state index >= 15 is 0 Å². The molecule has 0 fully saturated rings. The molecule has 0 saturated heterocycles. The molecule has 0 amide bonds. The average Bonchev–Trinajstić information content (AvgIpc) is 2.19. The van der Waals surface area contributed by atoms with Crippen molar-refractivity contribution in [1.29, 1.82) is 0 Å². The van der Waals surface area contributed by atoms with Crippen molar-refractivity contribution in [3.05, 3.63) is 18.4 Å². The normalized spacial score (nSPS) is 9.62. The Labute approximate surface area is 46.7 Å². The molecule has 0 unspecified atom stereocenters. The van der Waals surface area contributed by atoms with Crippen LogP contribution in [0, 0.1) is 0 Å². The van der Waals surface area contributed by atoms with Crippen LogP contribution < -0.4 is 11.3 Å². The molecule has 0 aliphatic heterocycles. The monoisotopic (exact) mass is 113 g/mol. The summed E-state index contributed by atoms with van der Waals surface area (Å²) in [5, 5.41) is 0. The number of nitrogens with two attached hydrogens (primary N) is 1. The Bertz CT molecular complexity index is 137. The first kappa shape index (κ1) is 5.27. The SMILES string of the molecule is NNCc1cnco1. The molecule has 0 aliphatic rings. The Hall–Kier alpha value is -0.870. The number of aromatic nitrogens is 1. The van der Waals surface area contributed by atoms with Crippen LogP contribution in [0.25, 0.3) is 0 Å². The third-order valence-corrected chi connectivity index (χ3v) is 0.760. The summed E-state index contributed by atoms with van der Waals surface area (Å²) in [6.07, 6.45) is 2.98. The zero-order valence-corrected chi connectivity index (χ0v) is 4.29. The van der Waals surface area contributed by atoms with Gasteiger partial charge >= 0.3 is 0 Å². The van der Waals surface area contributed by atoms with Crippen LogP contribution >= 0.6 is 0 Å². The van der Waals surface area contributed by atoms with Crippen LogP contribution in [0.4, 0.5) is 0 Å². The quantitative estimate of drug-likeness (QED) is 0.406. The number of rotatable bonds is 2. The van der Waals surface area contributed by atoms with Crippen molar-refractivity contribution >= 4 is 0 Å². The van der Waals surface area contributed by atoms with E-state index in [4.69, 9.17) is 10.3 Å². The van der Waals surface area contributed by atoms with E-state index in [2.05, 4.69) is 10.4 Å². The molecule has 44 valence electrons. The highest BCUT2D eigenvalue weighted by atomic mass is 16.3. The lowest BCUT2D eigenvalue weighted by atomic mass is 10.5. The number of oxazole rings is 1. The average molecular weight is 113 g/mol. The summed E-state index contributed by atoms with van der Waals surface area (Å²) in [5.74, 6) is 5.72. The number of nitrogens with one attached hydrogen (secondary N) is 1. The highest BCUT2D eigenvalue weighted by Crippen LogP contribution is 1.92. The Morgan fingerprint density at radius 2 is 2.75 bits per heavy atom. The summed E-state index contributed by atoms with van der Waals surface area (Å²) in [5.41, 5.74) is 2.44. The van der Waals surface area contributed by atoms with E-state index in [9.17, 15) is 0 Å². The summed E-state index contributed by atoms with van der Waals surface area (Å²) in [4.78, 5) is 3.68. The zero-order chi connectivity index (χ0) is 5.82. The lowest BCUT2D eigenvalue weighted by molar-refractivity contribution is 0.483. The molecule has 4 heteroatoms. The number of hydrazine groups is 1. The molecule has 1 aromatic heterocycles. The van der Waals surface area contributed by atoms with Gasteiger partial charge in [0.15, 0.2) is 6.39 Å². The molecule has 1 heterocycles. The largest absolute Gasteiger partial charge is 0.447 e. The predicted octanol–water partition coefficient (Wildman–Crippen LogP) is -0.362. The lowest BCUT2D eigenvalue weighted by Gasteiger charge is -1.88. The second-order valence-electron chi connectivity index (χ2n) is 1.35. The molecule has 8 heavy (non-hydrogen) atoms. The van der Waals surface area contributed by atoms with Crippen molar-refractivity contribution in [1.82, 2.24) is 10.4 Å². The minimum Gasteiger partial charge on any atom is -0.447 e. The fourth-order valence-electron chi connectivity index (χ4n) is 0.430. The fourth-order valence-corrected chi connectivity index (χ4v) is 0.430. The first-order valence-corrected chi connectivity index (χ1v) is 2.24. The molecule has 0 saturated carbocycles. The van der Waals surface area contributed by atoms with E-state index in [1.54, 1.807) is 6.20 Å². The zero-order valence-electron chi connectivity index (χ0n) is 4.29. The van der Waals surface area contributed by atoms with Gasteiger partial charge in [-0.1, -0.05) is 0 Å². The summed E-state index contributed by atoms with van der Waals surface area (Å²) in [6, 6.07) is 0. The van der Waals surface area contributed by atoms with E-state index in [1.165, 1.54) is 6.39 Å². The summed E-state index contributed by atoms with van der Waals surface area (Å²) < 4.78 is 4.82. The highest BCUT2D eigenvalue weighted by Gasteiger charge is 1.89. The van der Waals surface area contributed by atoms with E-state index in [-0.39, 0.29) is 0 Å². The maximum atomic E-state index is 4.98. The minimum absolute atomic E-state index is 0.528. The number of nitrogens with zero attached hydrogens (tertiary/aromatic N) is 1.